The van der Waals surface area contributed by atoms with Crippen molar-refractivity contribution >= 4 is 5.91 Å². The van der Waals surface area contributed by atoms with Gasteiger partial charge in [-0.1, -0.05) is 12.1 Å². The number of carbonyl (C=O) groups is 1. The van der Waals surface area contributed by atoms with E-state index in [0.717, 1.165) is 12.0 Å². The number of benzene rings is 1. The standard InChI is InChI=1S/C14H19N5O2/c1-10(2)21-9-3-8-15-14(20)12-6-4-11(5-7-12)13-16-18-19-17-13/h4-7,10H,3,8-9H2,1-2H3,(H,15,20)(H,16,17,18,19). The topological polar surface area (TPSA) is 92.8 Å². The van der Waals surface area contributed by atoms with E-state index >= 15 is 0 Å². The fourth-order valence-electron chi connectivity index (χ4n) is 1.75. The van der Waals surface area contributed by atoms with Gasteiger partial charge in [0.25, 0.3) is 5.91 Å². The van der Waals surface area contributed by atoms with Gasteiger partial charge in [0.1, 0.15) is 0 Å². The highest BCUT2D eigenvalue weighted by Gasteiger charge is 2.07. The molecule has 7 heteroatoms. The number of hydrogen-bond acceptors (Lipinski definition) is 5. The number of carbonyl (C=O) groups excluding carboxylic acids is 1. The molecule has 0 fully saturated rings. The van der Waals surface area contributed by atoms with Gasteiger partial charge in [0, 0.05) is 24.3 Å². The van der Waals surface area contributed by atoms with Crippen molar-refractivity contribution in [2.75, 3.05) is 13.2 Å². The summed E-state index contributed by atoms with van der Waals surface area (Å²) in [6, 6.07) is 7.07. The van der Waals surface area contributed by atoms with E-state index in [9.17, 15) is 4.79 Å². The van der Waals surface area contributed by atoms with Crippen LogP contribution < -0.4 is 5.32 Å². The van der Waals surface area contributed by atoms with Crippen LogP contribution in [0.4, 0.5) is 0 Å². The average molecular weight is 289 g/mol. The lowest BCUT2D eigenvalue weighted by Gasteiger charge is -2.08. The van der Waals surface area contributed by atoms with Gasteiger partial charge in [0.15, 0.2) is 0 Å². The normalized spacial score (nSPS) is 10.8. The van der Waals surface area contributed by atoms with Crippen LogP contribution in [0, 0.1) is 0 Å². The number of hydrogen-bond donors (Lipinski definition) is 2. The molecule has 0 unspecified atom stereocenters. The Morgan fingerprint density at radius 3 is 2.71 bits per heavy atom. The number of H-pyrrole nitrogens is 1. The molecule has 1 amide bonds. The van der Waals surface area contributed by atoms with E-state index in [2.05, 4.69) is 25.9 Å². The molecule has 21 heavy (non-hydrogen) atoms. The van der Waals surface area contributed by atoms with Gasteiger partial charge in [-0.15, -0.1) is 10.2 Å². The Morgan fingerprint density at radius 2 is 2.10 bits per heavy atom. The molecule has 2 aromatic rings. The van der Waals surface area contributed by atoms with Crippen LogP contribution in [0.1, 0.15) is 30.6 Å². The minimum absolute atomic E-state index is 0.0980. The summed E-state index contributed by atoms with van der Waals surface area (Å²) in [5.41, 5.74) is 1.41. The van der Waals surface area contributed by atoms with E-state index in [1.54, 1.807) is 24.3 Å². The number of nitrogens with zero attached hydrogens (tertiary/aromatic N) is 3. The maximum Gasteiger partial charge on any atom is 0.251 e. The molecule has 112 valence electrons. The molecule has 1 aromatic carbocycles. The molecule has 0 saturated carbocycles. The van der Waals surface area contributed by atoms with Crippen molar-refractivity contribution in [3.8, 4) is 11.4 Å². The first-order valence-corrected chi connectivity index (χ1v) is 6.90. The summed E-state index contributed by atoms with van der Waals surface area (Å²) in [5.74, 6) is 0.409. The molecule has 0 aliphatic heterocycles. The minimum atomic E-state index is -0.0980. The third kappa shape index (κ3) is 4.64. The van der Waals surface area contributed by atoms with E-state index in [-0.39, 0.29) is 12.0 Å². The number of rotatable bonds is 7. The molecule has 2 N–H and O–H groups in total. The Hall–Kier alpha value is -2.28. The predicted molar refractivity (Wildman–Crippen MR) is 77.7 cm³/mol. The predicted octanol–water partition coefficient (Wildman–Crippen LogP) is 1.41. The van der Waals surface area contributed by atoms with Crippen LogP contribution >= 0.6 is 0 Å². The first-order valence-electron chi connectivity index (χ1n) is 6.90. The van der Waals surface area contributed by atoms with E-state index < -0.39 is 0 Å². The second-order valence-electron chi connectivity index (χ2n) is 4.84. The van der Waals surface area contributed by atoms with Crippen molar-refractivity contribution in [2.45, 2.75) is 26.4 Å². The summed E-state index contributed by atoms with van der Waals surface area (Å²) < 4.78 is 5.41. The minimum Gasteiger partial charge on any atom is -0.379 e. The van der Waals surface area contributed by atoms with Crippen molar-refractivity contribution in [1.82, 2.24) is 25.9 Å². The van der Waals surface area contributed by atoms with E-state index in [4.69, 9.17) is 4.74 Å². The lowest BCUT2D eigenvalue weighted by atomic mass is 10.1. The second kappa shape index (κ2) is 7.49. The van der Waals surface area contributed by atoms with Crippen molar-refractivity contribution < 1.29 is 9.53 Å². The van der Waals surface area contributed by atoms with Crippen LogP contribution in [-0.2, 0) is 4.74 Å². The third-order valence-electron chi connectivity index (χ3n) is 2.81. The number of aromatic amines is 1. The molecular formula is C14H19N5O2. The SMILES string of the molecule is CC(C)OCCCNC(=O)c1ccc(-c2nn[nH]n2)cc1. The number of nitrogens with one attached hydrogen (secondary N) is 2. The van der Waals surface area contributed by atoms with E-state index in [1.165, 1.54) is 0 Å². The largest absolute Gasteiger partial charge is 0.379 e. The fourth-order valence-corrected chi connectivity index (χ4v) is 1.75. The highest BCUT2D eigenvalue weighted by molar-refractivity contribution is 5.94. The molecule has 0 saturated heterocycles. The summed E-state index contributed by atoms with van der Waals surface area (Å²) in [6.45, 7) is 5.22. The molecule has 0 bridgehead atoms. The Balaban J connectivity index is 1.80. The lowest BCUT2D eigenvalue weighted by Crippen LogP contribution is -2.25. The molecule has 0 spiro atoms. The van der Waals surface area contributed by atoms with Crippen molar-refractivity contribution in [2.24, 2.45) is 0 Å². The Labute approximate surface area is 123 Å². The van der Waals surface area contributed by atoms with Gasteiger partial charge in [0.05, 0.1) is 6.10 Å². The summed E-state index contributed by atoms with van der Waals surface area (Å²) in [5, 5.41) is 16.5. The number of aromatic nitrogens is 4. The van der Waals surface area contributed by atoms with Crippen molar-refractivity contribution in [3.63, 3.8) is 0 Å². The number of ether oxygens (including phenoxy) is 1. The van der Waals surface area contributed by atoms with Gasteiger partial charge in [0.2, 0.25) is 5.82 Å². The average Bonchev–Trinajstić information content (AvgIpc) is 3.01. The Morgan fingerprint density at radius 1 is 1.33 bits per heavy atom. The summed E-state index contributed by atoms with van der Waals surface area (Å²) in [6.07, 6.45) is 1.02. The molecule has 2 rings (SSSR count). The van der Waals surface area contributed by atoms with E-state index in [0.29, 0.717) is 24.5 Å². The first kappa shape index (κ1) is 15.1. The molecule has 0 atom stereocenters. The fraction of sp³-hybridized carbons (Fsp3) is 0.429. The smallest absolute Gasteiger partial charge is 0.251 e. The van der Waals surface area contributed by atoms with Crippen LogP contribution in [0.15, 0.2) is 24.3 Å². The maximum absolute atomic E-state index is 11.9. The highest BCUT2D eigenvalue weighted by atomic mass is 16.5. The molecule has 1 aromatic heterocycles. The summed E-state index contributed by atoms with van der Waals surface area (Å²) >= 11 is 0. The highest BCUT2D eigenvalue weighted by Crippen LogP contribution is 2.13. The maximum atomic E-state index is 11.9. The van der Waals surface area contributed by atoms with Gasteiger partial charge in [-0.3, -0.25) is 4.79 Å². The van der Waals surface area contributed by atoms with Crippen molar-refractivity contribution in [1.29, 1.82) is 0 Å². The lowest BCUT2D eigenvalue weighted by molar-refractivity contribution is 0.0757. The zero-order valence-corrected chi connectivity index (χ0v) is 12.2. The van der Waals surface area contributed by atoms with Crippen LogP contribution in [0.25, 0.3) is 11.4 Å². The van der Waals surface area contributed by atoms with Crippen LogP contribution in [0.2, 0.25) is 0 Å². The molecule has 0 aliphatic carbocycles. The third-order valence-corrected chi connectivity index (χ3v) is 2.81. The van der Waals surface area contributed by atoms with Crippen LogP contribution in [0.3, 0.4) is 0 Å². The Bertz CT molecular complexity index is 551. The van der Waals surface area contributed by atoms with Gasteiger partial charge >= 0.3 is 0 Å². The van der Waals surface area contributed by atoms with Crippen LogP contribution in [0.5, 0.6) is 0 Å². The van der Waals surface area contributed by atoms with E-state index in [1.807, 2.05) is 13.8 Å². The van der Waals surface area contributed by atoms with Crippen LogP contribution in [-0.4, -0.2) is 45.8 Å². The number of tetrazole rings is 1. The molecule has 0 radical (unpaired) electrons. The zero-order valence-electron chi connectivity index (χ0n) is 12.2. The second-order valence-corrected chi connectivity index (χ2v) is 4.84. The number of amides is 1. The Kier molecular flexibility index (Phi) is 5.39. The monoisotopic (exact) mass is 289 g/mol. The molecule has 1 heterocycles. The summed E-state index contributed by atoms with van der Waals surface area (Å²) in [7, 11) is 0. The first-order chi connectivity index (χ1) is 10.2. The van der Waals surface area contributed by atoms with Gasteiger partial charge < -0.3 is 10.1 Å². The molecular weight excluding hydrogens is 270 g/mol. The van der Waals surface area contributed by atoms with Gasteiger partial charge in [-0.05, 0) is 37.6 Å². The van der Waals surface area contributed by atoms with Gasteiger partial charge in [-0.25, -0.2) is 0 Å². The van der Waals surface area contributed by atoms with Crippen molar-refractivity contribution in [3.05, 3.63) is 29.8 Å². The van der Waals surface area contributed by atoms with Gasteiger partial charge in [-0.2, -0.15) is 5.21 Å². The molecule has 7 nitrogen and oxygen atoms in total. The quantitative estimate of drug-likeness (QED) is 0.752. The summed E-state index contributed by atoms with van der Waals surface area (Å²) in [4.78, 5) is 11.9. The molecule has 0 aliphatic rings. The zero-order chi connectivity index (χ0) is 15.1.